The molecule has 0 spiro atoms. The Labute approximate surface area is 122 Å². The van der Waals surface area contributed by atoms with Crippen molar-refractivity contribution in [2.75, 3.05) is 6.54 Å². The Morgan fingerprint density at radius 3 is 2.20 bits per heavy atom. The molecule has 1 aromatic carbocycles. The van der Waals surface area contributed by atoms with Crippen molar-refractivity contribution in [2.24, 2.45) is 11.3 Å². The van der Waals surface area contributed by atoms with E-state index < -0.39 is 0 Å². The first-order valence-electron chi connectivity index (χ1n) is 7.19. The molecule has 0 aliphatic rings. The summed E-state index contributed by atoms with van der Waals surface area (Å²) in [5.41, 5.74) is 1.66. The van der Waals surface area contributed by atoms with Gasteiger partial charge in [-0.2, -0.15) is 5.26 Å². The van der Waals surface area contributed by atoms with Gasteiger partial charge in [0.15, 0.2) is 0 Å². The molecule has 2 atom stereocenters. The Morgan fingerprint density at radius 2 is 1.75 bits per heavy atom. The number of nitriles is 1. The Morgan fingerprint density at radius 1 is 1.20 bits per heavy atom. The molecule has 3 nitrogen and oxygen atoms in total. The quantitative estimate of drug-likeness (QED) is 0.837. The minimum atomic E-state index is -0.330. The number of hydrogen-bond donors (Lipinski definition) is 2. The fourth-order valence-electron chi connectivity index (χ4n) is 2.39. The lowest BCUT2D eigenvalue weighted by molar-refractivity contribution is 0.0124. The Bertz CT molecular complexity index is 457. The maximum Gasteiger partial charge on any atom is 0.0991 e. The van der Waals surface area contributed by atoms with Gasteiger partial charge in [-0.3, -0.25) is 0 Å². The summed E-state index contributed by atoms with van der Waals surface area (Å²) in [6, 6.07) is 9.94. The zero-order chi connectivity index (χ0) is 15.3. The first kappa shape index (κ1) is 16.7. The van der Waals surface area contributed by atoms with Crippen LogP contribution in [-0.2, 0) is 0 Å². The lowest BCUT2D eigenvalue weighted by Crippen LogP contribution is -2.42. The van der Waals surface area contributed by atoms with Crippen molar-refractivity contribution in [3.63, 3.8) is 0 Å². The van der Waals surface area contributed by atoms with Crippen molar-refractivity contribution in [1.82, 2.24) is 5.32 Å². The molecule has 0 saturated heterocycles. The number of hydrogen-bond acceptors (Lipinski definition) is 3. The van der Waals surface area contributed by atoms with E-state index in [1.165, 1.54) is 0 Å². The third-order valence-electron chi connectivity index (χ3n) is 3.84. The van der Waals surface area contributed by atoms with Gasteiger partial charge in [0.2, 0.25) is 0 Å². The minimum Gasteiger partial charge on any atom is -0.392 e. The van der Waals surface area contributed by atoms with E-state index in [1.807, 2.05) is 38.1 Å². The first-order chi connectivity index (χ1) is 9.27. The van der Waals surface area contributed by atoms with Crippen molar-refractivity contribution in [3.05, 3.63) is 35.4 Å². The molecule has 110 valence electrons. The van der Waals surface area contributed by atoms with E-state index in [0.717, 1.165) is 12.1 Å². The number of aliphatic hydroxyl groups excluding tert-OH is 1. The minimum absolute atomic E-state index is 0.172. The van der Waals surface area contributed by atoms with Crippen LogP contribution in [0.2, 0.25) is 0 Å². The van der Waals surface area contributed by atoms with Gasteiger partial charge in [0.05, 0.1) is 17.7 Å². The third kappa shape index (κ3) is 4.33. The lowest BCUT2D eigenvalue weighted by atomic mass is 9.80. The van der Waals surface area contributed by atoms with Crippen molar-refractivity contribution in [2.45, 2.75) is 46.8 Å². The van der Waals surface area contributed by atoms with Crippen LogP contribution in [0.1, 0.15) is 51.8 Å². The molecule has 0 bridgehead atoms. The number of aliphatic hydroxyl groups is 1. The van der Waals surface area contributed by atoms with E-state index in [-0.39, 0.29) is 23.5 Å². The summed E-state index contributed by atoms with van der Waals surface area (Å²) in [5.74, 6) is 0.247. The second kappa shape index (κ2) is 6.88. The summed E-state index contributed by atoms with van der Waals surface area (Å²) in [7, 11) is 0. The third-order valence-corrected chi connectivity index (χ3v) is 3.84. The van der Waals surface area contributed by atoms with Gasteiger partial charge < -0.3 is 10.4 Å². The molecule has 2 unspecified atom stereocenters. The molecule has 1 aromatic rings. The molecule has 0 heterocycles. The van der Waals surface area contributed by atoms with Crippen LogP contribution in [0, 0.1) is 22.7 Å². The van der Waals surface area contributed by atoms with Gasteiger partial charge in [-0.25, -0.2) is 0 Å². The maximum absolute atomic E-state index is 10.2. The molecule has 0 aliphatic carbocycles. The SMILES string of the molecule is CC(NCC(C)(C)C(O)C(C)C)c1ccc(C#N)cc1. The van der Waals surface area contributed by atoms with Crippen LogP contribution in [0.3, 0.4) is 0 Å². The average Bonchev–Trinajstić information content (AvgIpc) is 2.44. The topological polar surface area (TPSA) is 56.0 Å². The molecular formula is C17H26N2O. The van der Waals surface area contributed by atoms with Crippen LogP contribution in [0.15, 0.2) is 24.3 Å². The zero-order valence-electron chi connectivity index (χ0n) is 13.1. The van der Waals surface area contributed by atoms with Crippen LogP contribution in [0.4, 0.5) is 0 Å². The predicted molar refractivity (Wildman–Crippen MR) is 82.2 cm³/mol. The normalized spacial score (nSPS) is 14.9. The van der Waals surface area contributed by atoms with Gasteiger partial charge in [0.1, 0.15) is 0 Å². The Hall–Kier alpha value is -1.37. The highest BCUT2D eigenvalue weighted by Crippen LogP contribution is 2.26. The van der Waals surface area contributed by atoms with E-state index >= 15 is 0 Å². The summed E-state index contributed by atoms with van der Waals surface area (Å²) < 4.78 is 0. The van der Waals surface area contributed by atoms with Crippen molar-refractivity contribution >= 4 is 0 Å². The predicted octanol–water partition coefficient (Wildman–Crippen LogP) is 3.25. The Kier molecular flexibility index (Phi) is 5.74. The van der Waals surface area contributed by atoms with Gasteiger partial charge in [-0.05, 0) is 30.5 Å². The van der Waals surface area contributed by atoms with Crippen LogP contribution < -0.4 is 5.32 Å². The average molecular weight is 274 g/mol. The van der Waals surface area contributed by atoms with Crippen molar-refractivity contribution in [1.29, 1.82) is 5.26 Å². The van der Waals surface area contributed by atoms with Crippen molar-refractivity contribution < 1.29 is 5.11 Å². The van der Waals surface area contributed by atoms with E-state index in [9.17, 15) is 5.11 Å². The number of nitrogens with one attached hydrogen (secondary N) is 1. The van der Waals surface area contributed by atoms with Gasteiger partial charge in [-0.1, -0.05) is 39.8 Å². The molecule has 3 heteroatoms. The summed E-state index contributed by atoms with van der Waals surface area (Å²) in [4.78, 5) is 0. The highest BCUT2D eigenvalue weighted by atomic mass is 16.3. The van der Waals surface area contributed by atoms with Crippen LogP contribution in [0.5, 0.6) is 0 Å². The highest BCUT2D eigenvalue weighted by Gasteiger charge is 2.30. The lowest BCUT2D eigenvalue weighted by Gasteiger charge is -2.34. The second-order valence-electron chi connectivity index (χ2n) is 6.51. The van der Waals surface area contributed by atoms with Crippen LogP contribution >= 0.6 is 0 Å². The summed E-state index contributed by atoms with van der Waals surface area (Å²) in [6.07, 6.45) is -0.330. The highest BCUT2D eigenvalue weighted by molar-refractivity contribution is 5.32. The standard InChI is InChI=1S/C17H26N2O/c1-12(2)16(20)17(4,5)11-19-13(3)15-8-6-14(10-18)7-9-15/h6-9,12-13,16,19-20H,11H2,1-5H3. The van der Waals surface area contributed by atoms with Gasteiger partial charge in [-0.15, -0.1) is 0 Å². The fraction of sp³-hybridized carbons (Fsp3) is 0.588. The van der Waals surface area contributed by atoms with Gasteiger partial charge in [0, 0.05) is 18.0 Å². The van der Waals surface area contributed by atoms with E-state index in [1.54, 1.807) is 0 Å². The monoisotopic (exact) mass is 274 g/mol. The molecule has 0 radical (unpaired) electrons. The number of benzene rings is 1. The summed E-state index contributed by atoms with van der Waals surface area (Å²) >= 11 is 0. The smallest absolute Gasteiger partial charge is 0.0991 e. The molecule has 0 fully saturated rings. The Balaban J connectivity index is 2.62. The molecule has 20 heavy (non-hydrogen) atoms. The van der Waals surface area contributed by atoms with Gasteiger partial charge in [0.25, 0.3) is 0 Å². The summed E-state index contributed by atoms with van der Waals surface area (Å²) in [6.45, 7) is 11.1. The zero-order valence-corrected chi connectivity index (χ0v) is 13.1. The van der Waals surface area contributed by atoms with Crippen LogP contribution in [-0.4, -0.2) is 17.8 Å². The molecule has 2 N–H and O–H groups in total. The number of rotatable bonds is 6. The second-order valence-corrected chi connectivity index (χ2v) is 6.51. The van der Waals surface area contributed by atoms with E-state index in [0.29, 0.717) is 5.56 Å². The maximum atomic E-state index is 10.2. The van der Waals surface area contributed by atoms with Crippen LogP contribution in [0.25, 0.3) is 0 Å². The molecule has 0 aromatic heterocycles. The van der Waals surface area contributed by atoms with E-state index in [4.69, 9.17) is 5.26 Å². The molecular weight excluding hydrogens is 248 g/mol. The molecule has 0 aliphatic heterocycles. The van der Waals surface area contributed by atoms with Crippen molar-refractivity contribution in [3.8, 4) is 6.07 Å². The largest absolute Gasteiger partial charge is 0.392 e. The van der Waals surface area contributed by atoms with E-state index in [2.05, 4.69) is 32.2 Å². The molecule has 0 amide bonds. The number of nitrogens with zero attached hydrogens (tertiary/aromatic N) is 1. The molecule has 1 rings (SSSR count). The summed E-state index contributed by atoms with van der Waals surface area (Å²) in [5, 5.41) is 22.5. The first-order valence-corrected chi connectivity index (χ1v) is 7.19. The molecule has 0 saturated carbocycles. The fourth-order valence-corrected chi connectivity index (χ4v) is 2.39. The van der Waals surface area contributed by atoms with Gasteiger partial charge >= 0.3 is 0 Å².